The maximum Gasteiger partial charge on any atom is 0.317 e. The van der Waals surface area contributed by atoms with Gasteiger partial charge in [0.25, 0.3) is 0 Å². The number of ketones is 1. The van der Waals surface area contributed by atoms with Gasteiger partial charge < -0.3 is 15.4 Å². The van der Waals surface area contributed by atoms with E-state index in [4.69, 9.17) is 5.21 Å². The number of nitrogens with one attached hydrogen (secondary N) is 1. The molecule has 0 radical (unpaired) electrons. The van der Waals surface area contributed by atoms with Crippen molar-refractivity contribution in [2.75, 3.05) is 19.6 Å². The zero-order valence-corrected chi connectivity index (χ0v) is 11.1. The summed E-state index contributed by atoms with van der Waals surface area (Å²) in [6, 6.07) is 6.82. The first-order chi connectivity index (χ1) is 9.70. The van der Waals surface area contributed by atoms with Crippen LogP contribution in [0.15, 0.2) is 29.4 Å². The third-order valence-corrected chi connectivity index (χ3v) is 3.22. The van der Waals surface area contributed by atoms with Crippen LogP contribution in [0.3, 0.4) is 0 Å². The number of nitrogens with zero attached hydrogens (tertiary/aromatic N) is 2. The van der Waals surface area contributed by atoms with Gasteiger partial charge >= 0.3 is 6.03 Å². The Labute approximate surface area is 117 Å². The molecule has 1 saturated heterocycles. The number of Topliss-reactive ketones (excluding diaryl/α,β-unsaturated/α-hetero) is 1. The molecule has 1 heterocycles. The summed E-state index contributed by atoms with van der Waals surface area (Å²) in [5, 5.41) is 14.1. The average molecular weight is 275 g/mol. The Bertz CT molecular complexity index is 511. The lowest BCUT2D eigenvalue weighted by atomic mass is 10.0. The van der Waals surface area contributed by atoms with E-state index in [0.717, 1.165) is 5.56 Å². The Hall–Kier alpha value is -2.37. The molecule has 0 aliphatic carbocycles. The number of carbonyl (C=O) groups excluding carboxylic acids is 2. The topological polar surface area (TPSA) is 82.0 Å². The minimum absolute atomic E-state index is 0.0508. The van der Waals surface area contributed by atoms with Crippen molar-refractivity contribution in [1.82, 2.24) is 10.2 Å². The maximum absolute atomic E-state index is 12.0. The first kappa shape index (κ1) is 14.0. The summed E-state index contributed by atoms with van der Waals surface area (Å²) < 4.78 is 0. The molecule has 1 aromatic rings. The highest BCUT2D eigenvalue weighted by Crippen LogP contribution is 2.08. The molecule has 0 aromatic heterocycles. The summed E-state index contributed by atoms with van der Waals surface area (Å²) in [6.07, 6.45) is 2.38. The lowest BCUT2D eigenvalue weighted by Crippen LogP contribution is -2.29. The maximum atomic E-state index is 12.0. The Kier molecular flexibility index (Phi) is 4.70. The number of rotatable bonds is 6. The fourth-order valence-electron chi connectivity index (χ4n) is 2.12. The van der Waals surface area contributed by atoms with Crippen molar-refractivity contribution in [2.45, 2.75) is 12.8 Å². The Balaban J connectivity index is 1.80. The molecule has 20 heavy (non-hydrogen) atoms. The monoisotopic (exact) mass is 275 g/mol. The molecule has 2 rings (SSSR count). The molecule has 6 heteroatoms. The second kappa shape index (κ2) is 6.70. The predicted octanol–water partition coefficient (Wildman–Crippen LogP) is 1.48. The SMILES string of the molecule is O=C(CCCN1CCNC1=O)c1ccc(/C=N/O)cc1. The van der Waals surface area contributed by atoms with Crippen LogP contribution in [-0.2, 0) is 0 Å². The Morgan fingerprint density at radius 2 is 2.15 bits per heavy atom. The Morgan fingerprint density at radius 3 is 2.75 bits per heavy atom. The van der Waals surface area contributed by atoms with Crippen molar-refractivity contribution in [3.05, 3.63) is 35.4 Å². The molecule has 106 valence electrons. The van der Waals surface area contributed by atoms with Crippen LogP contribution in [-0.4, -0.2) is 47.8 Å². The van der Waals surface area contributed by atoms with Gasteiger partial charge in [0.2, 0.25) is 0 Å². The third kappa shape index (κ3) is 3.57. The van der Waals surface area contributed by atoms with Gasteiger partial charge in [-0.05, 0) is 12.0 Å². The average Bonchev–Trinajstić information content (AvgIpc) is 2.85. The first-order valence-electron chi connectivity index (χ1n) is 6.54. The minimum atomic E-state index is -0.0508. The van der Waals surface area contributed by atoms with Gasteiger partial charge in [-0.15, -0.1) is 0 Å². The van der Waals surface area contributed by atoms with Crippen molar-refractivity contribution in [2.24, 2.45) is 5.16 Å². The fourth-order valence-corrected chi connectivity index (χ4v) is 2.12. The van der Waals surface area contributed by atoms with Crippen LogP contribution in [0.5, 0.6) is 0 Å². The molecule has 0 bridgehead atoms. The van der Waals surface area contributed by atoms with Crippen LogP contribution < -0.4 is 5.32 Å². The lowest BCUT2D eigenvalue weighted by molar-refractivity contribution is 0.0976. The van der Waals surface area contributed by atoms with E-state index in [1.807, 2.05) is 0 Å². The fraction of sp³-hybridized carbons (Fsp3) is 0.357. The van der Waals surface area contributed by atoms with Crippen LogP contribution >= 0.6 is 0 Å². The van der Waals surface area contributed by atoms with Gasteiger partial charge in [-0.2, -0.15) is 0 Å². The molecule has 6 nitrogen and oxygen atoms in total. The molecule has 1 fully saturated rings. The van der Waals surface area contributed by atoms with Crippen LogP contribution in [0.2, 0.25) is 0 Å². The quantitative estimate of drug-likeness (QED) is 0.357. The molecule has 1 aliphatic heterocycles. The molecule has 2 amide bonds. The second-order valence-corrected chi connectivity index (χ2v) is 4.61. The summed E-state index contributed by atoms with van der Waals surface area (Å²) >= 11 is 0. The summed E-state index contributed by atoms with van der Waals surface area (Å²) in [6.45, 7) is 2.00. The summed E-state index contributed by atoms with van der Waals surface area (Å²) in [5.41, 5.74) is 1.36. The van der Waals surface area contributed by atoms with E-state index in [9.17, 15) is 9.59 Å². The predicted molar refractivity (Wildman–Crippen MR) is 74.4 cm³/mol. The van der Waals surface area contributed by atoms with Crippen LogP contribution in [0.1, 0.15) is 28.8 Å². The smallest absolute Gasteiger partial charge is 0.317 e. The standard InChI is InChI=1S/C14H17N3O3/c18-13(2-1-8-17-9-7-15-14(17)19)12-5-3-11(4-6-12)10-16-20/h3-6,10,20H,1-2,7-9H2,(H,15,19)/b16-10+. The normalized spacial score (nSPS) is 14.8. The van der Waals surface area contributed by atoms with Gasteiger partial charge in [-0.1, -0.05) is 29.4 Å². The van der Waals surface area contributed by atoms with E-state index in [2.05, 4.69) is 10.5 Å². The van der Waals surface area contributed by atoms with E-state index >= 15 is 0 Å². The minimum Gasteiger partial charge on any atom is -0.411 e. The highest BCUT2D eigenvalue weighted by atomic mass is 16.4. The van der Waals surface area contributed by atoms with E-state index in [1.165, 1.54) is 6.21 Å². The largest absolute Gasteiger partial charge is 0.411 e. The zero-order chi connectivity index (χ0) is 14.4. The first-order valence-corrected chi connectivity index (χ1v) is 6.54. The van der Waals surface area contributed by atoms with Crippen molar-refractivity contribution < 1.29 is 14.8 Å². The highest BCUT2D eigenvalue weighted by molar-refractivity contribution is 5.96. The summed E-state index contributed by atoms with van der Waals surface area (Å²) in [5.74, 6) is 0.0529. The van der Waals surface area contributed by atoms with Gasteiger partial charge in [-0.3, -0.25) is 4.79 Å². The second-order valence-electron chi connectivity index (χ2n) is 4.61. The number of benzene rings is 1. The van der Waals surface area contributed by atoms with Gasteiger partial charge in [0.15, 0.2) is 5.78 Å². The van der Waals surface area contributed by atoms with Crippen LogP contribution in [0, 0.1) is 0 Å². The molecular formula is C14H17N3O3. The molecule has 0 atom stereocenters. The zero-order valence-electron chi connectivity index (χ0n) is 11.1. The number of carbonyl (C=O) groups is 2. The molecule has 1 aromatic carbocycles. The van der Waals surface area contributed by atoms with E-state index in [1.54, 1.807) is 29.2 Å². The van der Waals surface area contributed by atoms with Crippen molar-refractivity contribution in [3.8, 4) is 0 Å². The van der Waals surface area contributed by atoms with Crippen molar-refractivity contribution >= 4 is 18.0 Å². The summed E-state index contributed by atoms with van der Waals surface area (Å²) in [7, 11) is 0. The van der Waals surface area contributed by atoms with Crippen molar-refractivity contribution in [1.29, 1.82) is 0 Å². The van der Waals surface area contributed by atoms with Gasteiger partial charge in [0.1, 0.15) is 0 Å². The number of hydrogen-bond acceptors (Lipinski definition) is 4. The van der Waals surface area contributed by atoms with Gasteiger partial charge in [0, 0.05) is 31.6 Å². The van der Waals surface area contributed by atoms with Crippen LogP contribution in [0.4, 0.5) is 4.79 Å². The molecule has 0 saturated carbocycles. The van der Waals surface area contributed by atoms with E-state index in [-0.39, 0.29) is 11.8 Å². The van der Waals surface area contributed by atoms with Crippen LogP contribution in [0.25, 0.3) is 0 Å². The van der Waals surface area contributed by atoms with E-state index in [0.29, 0.717) is 38.0 Å². The van der Waals surface area contributed by atoms with Gasteiger partial charge in [-0.25, -0.2) is 4.79 Å². The highest BCUT2D eigenvalue weighted by Gasteiger charge is 2.18. The van der Waals surface area contributed by atoms with Gasteiger partial charge in [0.05, 0.1) is 6.21 Å². The third-order valence-electron chi connectivity index (χ3n) is 3.22. The molecule has 0 spiro atoms. The molecule has 1 aliphatic rings. The number of oxime groups is 1. The lowest BCUT2D eigenvalue weighted by Gasteiger charge is -2.13. The molecule has 2 N–H and O–H groups in total. The number of urea groups is 1. The molecule has 0 unspecified atom stereocenters. The van der Waals surface area contributed by atoms with E-state index < -0.39 is 0 Å². The summed E-state index contributed by atoms with van der Waals surface area (Å²) in [4.78, 5) is 25.0. The number of amides is 2. The molecular weight excluding hydrogens is 258 g/mol. The van der Waals surface area contributed by atoms with Crippen molar-refractivity contribution in [3.63, 3.8) is 0 Å². The number of hydrogen-bond donors (Lipinski definition) is 2. The Morgan fingerprint density at radius 1 is 1.40 bits per heavy atom.